The number of nitrogens with one attached hydrogen (secondary N) is 4. The predicted molar refractivity (Wildman–Crippen MR) is 188 cm³/mol. The minimum atomic E-state index is -1.21. The lowest BCUT2D eigenvalue weighted by molar-refractivity contribution is -0.137. The van der Waals surface area contributed by atoms with Gasteiger partial charge >= 0.3 is 0 Å². The molecule has 0 aliphatic carbocycles. The lowest BCUT2D eigenvalue weighted by Crippen LogP contribution is -2.57. The van der Waals surface area contributed by atoms with Crippen LogP contribution in [0.1, 0.15) is 71.3 Å². The molecule has 3 aliphatic rings. The highest BCUT2D eigenvalue weighted by molar-refractivity contribution is 5.92. The fraction of sp³-hybridized carbons (Fsp3) is 0.694. The fourth-order valence-electron chi connectivity index (χ4n) is 6.16. The Hall–Kier alpha value is -3.91. The first-order valence-electron chi connectivity index (χ1n) is 18.0. The van der Waals surface area contributed by atoms with Crippen molar-refractivity contribution in [2.24, 2.45) is 11.8 Å². The van der Waals surface area contributed by atoms with Gasteiger partial charge in [-0.2, -0.15) is 0 Å². The molecule has 0 saturated carbocycles. The van der Waals surface area contributed by atoms with Crippen LogP contribution < -0.4 is 30.7 Å². The first kappa shape index (κ1) is 40.5. The normalized spacial score (nSPS) is 22.9. The Morgan fingerprint density at radius 1 is 0.920 bits per heavy atom. The molecule has 1 aromatic carbocycles. The van der Waals surface area contributed by atoms with Crippen LogP contribution in [-0.4, -0.2) is 123 Å². The largest absolute Gasteiger partial charge is 0.493 e. The molecule has 3 atom stereocenters. The molecule has 280 valence electrons. The maximum atomic E-state index is 13.5. The number of amides is 5. The van der Waals surface area contributed by atoms with E-state index in [0.29, 0.717) is 69.8 Å². The maximum absolute atomic E-state index is 13.5. The van der Waals surface area contributed by atoms with Gasteiger partial charge in [0.2, 0.25) is 23.6 Å². The van der Waals surface area contributed by atoms with E-state index in [0.717, 1.165) is 31.5 Å². The van der Waals surface area contributed by atoms with Crippen molar-refractivity contribution in [2.45, 2.75) is 90.3 Å². The van der Waals surface area contributed by atoms with Crippen LogP contribution in [0.2, 0.25) is 0 Å². The molecule has 0 unspecified atom stereocenters. The van der Waals surface area contributed by atoms with E-state index >= 15 is 0 Å². The lowest BCUT2D eigenvalue weighted by atomic mass is 9.95. The summed E-state index contributed by atoms with van der Waals surface area (Å²) in [4.78, 5) is 69.6. The summed E-state index contributed by atoms with van der Waals surface area (Å²) in [6, 6.07) is 3.10. The summed E-state index contributed by atoms with van der Waals surface area (Å²) < 4.78 is 11.2. The Labute approximate surface area is 296 Å². The fourth-order valence-corrected chi connectivity index (χ4v) is 6.16. The van der Waals surface area contributed by atoms with Gasteiger partial charge in [-0.15, -0.1) is 0 Å². The molecule has 1 saturated heterocycles. The van der Waals surface area contributed by atoms with Crippen LogP contribution in [-0.2, 0) is 30.4 Å². The topological polar surface area (TPSA) is 179 Å². The maximum Gasteiger partial charge on any atom is 0.257 e. The number of likely N-dealkylation sites (tertiary alicyclic amines) is 1. The summed E-state index contributed by atoms with van der Waals surface area (Å²) in [5.41, 5.74) is 0.797. The van der Waals surface area contributed by atoms with Crippen molar-refractivity contribution >= 4 is 29.5 Å². The molecule has 5 N–H and O–H groups in total. The van der Waals surface area contributed by atoms with E-state index in [1.165, 1.54) is 14.0 Å². The van der Waals surface area contributed by atoms with Crippen molar-refractivity contribution in [1.29, 1.82) is 0 Å². The number of piperidine rings is 1. The van der Waals surface area contributed by atoms with Gasteiger partial charge in [0.25, 0.3) is 5.91 Å². The van der Waals surface area contributed by atoms with Gasteiger partial charge in [0.1, 0.15) is 12.1 Å². The third-order valence-electron chi connectivity index (χ3n) is 9.11. The molecule has 3 heterocycles. The molecule has 0 aromatic heterocycles. The SMILES string of the molecule is COc1cc2ccc1OCC(=O)NCCCN(C(=O)C1CCN(C)CC1)CCCCNC(=O)[C@H]([C@@H](C)O)NC(=O)[C@@H](CC(C)C)NC(=O)CC2. The third-order valence-corrected chi connectivity index (χ3v) is 9.11. The zero-order valence-electron chi connectivity index (χ0n) is 30.4. The number of carbonyl (C=O) groups excluding carboxylic acids is 5. The Morgan fingerprint density at radius 3 is 2.30 bits per heavy atom. The van der Waals surface area contributed by atoms with E-state index in [1.54, 1.807) is 18.2 Å². The number of hydrogen-bond acceptors (Lipinski definition) is 9. The summed E-state index contributed by atoms with van der Waals surface area (Å²) in [7, 11) is 3.55. The van der Waals surface area contributed by atoms with Gasteiger partial charge in [0, 0.05) is 38.5 Å². The van der Waals surface area contributed by atoms with E-state index in [9.17, 15) is 29.1 Å². The first-order chi connectivity index (χ1) is 23.9. The Kier molecular flexibility index (Phi) is 16.8. The van der Waals surface area contributed by atoms with Gasteiger partial charge < -0.3 is 45.6 Å². The van der Waals surface area contributed by atoms with Crippen LogP contribution in [0.25, 0.3) is 0 Å². The molecule has 50 heavy (non-hydrogen) atoms. The van der Waals surface area contributed by atoms with Crippen molar-refractivity contribution < 1.29 is 38.6 Å². The summed E-state index contributed by atoms with van der Waals surface area (Å²) in [5.74, 6) is -0.785. The van der Waals surface area contributed by atoms with Gasteiger partial charge in [-0.3, -0.25) is 24.0 Å². The number of benzene rings is 1. The minimum Gasteiger partial charge on any atom is -0.493 e. The number of fused-ring (bicyclic) bond motifs is 23. The number of aliphatic hydroxyl groups excluding tert-OH is 1. The molecule has 14 heteroatoms. The zero-order chi connectivity index (χ0) is 36.6. The van der Waals surface area contributed by atoms with Crippen LogP contribution in [0.3, 0.4) is 0 Å². The Balaban J connectivity index is 1.76. The second-order valence-corrected chi connectivity index (χ2v) is 13.9. The molecule has 1 fully saturated rings. The van der Waals surface area contributed by atoms with Gasteiger partial charge in [-0.05, 0) is 95.6 Å². The molecule has 14 nitrogen and oxygen atoms in total. The second kappa shape index (κ2) is 20.7. The van der Waals surface area contributed by atoms with E-state index in [1.807, 2.05) is 18.7 Å². The van der Waals surface area contributed by atoms with E-state index < -0.39 is 30.0 Å². The minimum absolute atomic E-state index is 0.0460. The van der Waals surface area contributed by atoms with Crippen molar-refractivity contribution in [3.05, 3.63) is 23.8 Å². The van der Waals surface area contributed by atoms with E-state index in [2.05, 4.69) is 33.2 Å². The number of ether oxygens (including phenoxy) is 2. The van der Waals surface area contributed by atoms with Crippen molar-refractivity contribution in [3.63, 3.8) is 0 Å². The number of aryl methyl sites for hydroxylation is 1. The Bertz CT molecular complexity index is 1280. The molecule has 5 amide bonds. The smallest absolute Gasteiger partial charge is 0.257 e. The molecule has 0 radical (unpaired) electrons. The quantitative estimate of drug-likeness (QED) is 0.280. The van der Waals surface area contributed by atoms with Crippen LogP contribution in [0.5, 0.6) is 11.5 Å². The number of methoxy groups -OCH3 is 1. The van der Waals surface area contributed by atoms with Crippen LogP contribution in [0.15, 0.2) is 18.2 Å². The van der Waals surface area contributed by atoms with Crippen LogP contribution in [0, 0.1) is 11.8 Å². The number of aliphatic hydroxyl groups is 1. The average molecular weight is 703 g/mol. The van der Waals surface area contributed by atoms with Crippen molar-refractivity contribution in [3.8, 4) is 11.5 Å². The van der Waals surface area contributed by atoms with Gasteiger partial charge in [0.15, 0.2) is 18.1 Å². The molecule has 0 spiro atoms. The van der Waals surface area contributed by atoms with Crippen molar-refractivity contribution in [1.82, 2.24) is 31.1 Å². The number of carbonyl (C=O) groups is 5. The molecule has 3 aliphatic heterocycles. The lowest BCUT2D eigenvalue weighted by Gasteiger charge is -2.32. The summed E-state index contributed by atoms with van der Waals surface area (Å²) in [6.45, 7) is 8.46. The van der Waals surface area contributed by atoms with Crippen molar-refractivity contribution in [2.75, 3.05) is 60.0 Å². The predicted octanol–water partition coefficient (Wildman–Crippen LogP) is 0.990. The zero-order valence-corrected chi connectivity index (χ0v) is 30.4. The Morgan fingerprint density at radius 2 is 1.62 bits per heavy atom. The number of rotatable bonds is 5. The second-order valence-electron chi connectivity index (χ2n) is 13.9. The molecule has 1 aromatic rings. The van der Waals surface area contributed by atoms with Gasteiger partial charge in [0.05, 0.1) is 13.2 Å². The van der Waals surface area contributed by atoms with Gasteiger partial charge in [-0.1, -0.05) is 19.9 Å². The highest BCUT2D eigenvalue weighted by atomic mass is 16.5. The van der Waals surface area contributed by atoms with Crippen LogP contribution >= 0.6 is 0 Å². The van der Waals surface area contributed by atoms with Crippen LogP contribution in [0.4, 0.5) is 0 Å². The number of nitrogens with zero attached hydrogens (tertiary/aromatic N) is 2. The summed E-state index contributed by atoms with van der Waals surface area (Å²) in [6.07, 6.45) is 2.99. The highest BCUT2D eigenvalue weighted by Gasteiger charge is 2.31. The molecular weight excluding hydrogens is 644 g/mol. The molecule has 4 rings (SSSR count). The third kappa shape index (κ3) is 13.4. The standard InChI is InChI=1S/C36H58N6O8/c1-24(2)21-28-34(46)40-33(25(3)43)35(47)38-15-6-7-17-42(36(48)27-13-19-41(4)20-14-27)18-8-16-37-32(45)23-50-29-11-9-26(22-30(29)49-5)10-12-31(44)39-28/h9,11,22,24-25,27-28,33,43H,6-8,10,12-21,23H2,1-5H3,(H,37,45)(H,38,47)(H,39,44)(H,40,46)/t25-,28-,33+/m1/s1. The summed E-state index contributed by atoms with van der Waals surface area (Å²) in [5, 5.41) is 21.5. The summed E-state index contributed by atoms with van der Waals surface area (Å²) >= 11 is 0. The molecule has 2 bridgehead atoms. The van der Waals surface area contributed by atoms with E-state index in [-0.39, 0.29) is 42.6 Å². The highest BCUT2D eigenvalue weighted by Crippen LogP contribution is 2.28. The number of hydrogen-bond donors (Lipinski definition) is 5. The van der Waals surface area contributed by atoms with Gasteiger partial charge in [-0.25, -0.2) is 0 Å². The molecular formula is C36H58N6O8. The van der Waals surface area contributed by atoms with E-state index in [4.69, 9.17) is 9.47 Å². The first-order valence-corrected chi connectivity index (χ1v) is 18.0. The monoisotopic (exact) mass is 702 g/mol. The average Bonchev–Trinajstić information content (AvgIpc) is 3.08.